The van der Waals surface area contributed by atoms with Crippen molar-refractivity contribution in [2.45, 2.75) is 24.1 Å². The van der Waals surface area contributed by atoms with E-state index < -0.39 is 0 Å². The molecule has 1 aromatic carbocycles. The van der Waals surface area contributed by atoms with E-state index in [0.717, 1.165) is 25.0 Å². The molecule has 94 valence electrons. The van der Waals surface area contributed by atoms with Gasteiger partial charge in [-0.1, -0.05) is 28.1 Å². The first kappa shape index (κ1) is 14.0. The van der Waals surface area contributed by atoms with Crippen LogP contribution in [-0.4, -0.2) is 25.0 Å². The zero-order chi connectivity index (χ0) is 12.7. The second-order valence-corrected chi connectivity index (χ2v) is 4.84. The lowest BCUT2D eigenvalue weighted by Gasteiger charge is -2.07. The standard InChI is InChI=1S/C13H17BrO3/c1-16-11-8-6-10(7-9-11)4-3-5-12(14)13(15)17-2/h6-9,12H,3-5H2,1-2H3/t12-/m0/s1. The minimum atomic E-state index is -0.209. The number of aryl methyl sites for hydroxylation is 1. The maximum Gasteiger partial charge on any atom is 0.319 e. The van der Waals surface area contributed by atoms with Crippen LogP contribution in [-0.2, 0) is 16.0 Å². The Morgan fingerprint density at radius 3 is 2.47 bits per heavy atom. The Hall–Kier alpha value is -1.03. The van der Waals surface area contributed by atoms with E-state index in [0.29, 0.717) is 0 Å². The predicted molar refractivity (Wildman–Crippen MR) is 70.7 cm³/mol. The van der Waals surface area contributed by atoms with E-state index in [1.807, 2.05) is 24.3 Å². The van der Waals surface area contributed by atoms with Gasteiger partial charge in [0.1, 0.15) is 10.6 Å². The quantitative estimate of drug-likeness (QED) is 0.598. The Labute approximate surface area is 110 Å². The third-order valence-electron chi connectivity index (χ3n) is 2.54. The highest BCUT2D eigenvalue weighted by atomic mass is 79.9. The van der Waals surface area contributed by atoms with E-state index in [1.54, 1.807) is 7.11 Å². The first-order valence-electron chi connectivity index (χ1n) is 5.52. The van der Waals surface area contributed by atoms with Gasteiger partial charge in [-0.25, -0.2) is 0 Å². The largest absolute Gasteiger partial charge is 0.497 e. The van der Waals surface area contributed by atoms with Crippen LogP contribution in [0.1, 0.15) is 18.4 Å². The van der Waals surface area contributed by atoms with Crippen LogP contribution < -0.4 is 4.74 Å². The summed E-state index contributed by atoms with van der Waals surface area (Å²) in [7, 11) is 3.06. The van der Waals surface area contributed by atoms with Crippen LogP contribution >= 0.6 is 15.9 Å². The molecule has 0 saturated carbocycles. The number of hydrogen-bond acceptors (Lipinski definition) is 3. The summed E-state index contributed by atoms with van der Waals surface area (Å²) in [6.45, 7) is 0. The fourth-order valence-corrected chi connectivity index (χ4v) is 2.03. The second-order valence-electron chi connectivity index (χ2n) is 3.73. The maximum atomic E-state index is 11.2. The average molecular weight is 301 g/mol. The van der Waals surface area contributed by atoms with Crippen LogP contribution in [0, 0.1) is 0 Å². The molecule has 0 radical (unpaired) electrons. The molecular weight excluding hydrogens is 284 g/mol. The minimum Gasteiger partial charge on any atom is -0.497 e. The van der Waals surface area contributed by atoms with Crippen molar-refractivity contribution in [1.82, 2.24) is 0 Å². The molecule has 0 bridgehead atoms. The molecule has 0 amide bonds. The number of alkyl halides is 1. The van der Waals surface area contributed by atoms with E-state index >= 15 is 0 Å². The summed E-state index contributed by atoms with van der Waals surface area (Å²) in [5.74, 6) is 0.654. The summed E-state index contributed by atoms with van der Waals surface area (Å²) in [4.78, 5) is 10.9. The fraction of sp³-hybridized carbons (Fsp3) is 0.462. The van der Waals surface area contributed by atoms with Gasteiger partial charge in [0.15, 0.2) is 0 Å². The van der Waals surface area contributed by atoms with Gasteiger partial charge in [0.05, 0.1) is 14.2 Å². The van der Waals surface area contributed by atoms with Crippen molar-refractivity contribution in [3.05, 3.63) is 29.8 Å². The number of methoxy groups -OCH3 is 2. The number of carbonyl (C=O) groups is 1. The van der Waals surface area contributed by atoms with Crippen molar-refractivity contribution in [1.29, 1.82) is 0 Å². The van der Waals surface area contributed by atoms with Crippen molar-refractivity contribution < 1.29 is 14.3 Å². The lowest BCUT2D eigenvalue weighted by molar-refractivity contribution is -0.139. The third-order valence-corrected chi connectivity index (χ3v) is 3.37. The fourth-order valence-electron chi connectivity index (χ4n) is 1.52. The van der Waals surface area contributed by atoms with Gasteiger partial charge in [-0.2, -0.15) is 0 Å². The molecule has 0 aromatic heterocycles. The van der Waals surface area contributed by atoms with Gasteiger partial charge < -0.3 is 9.47 Å². The number of benzene rings is 1. The lowest BCUT2D eigenvalue weighted by Crippen LogP contribution is -2.15. The number of rotatable bonds is 6. The van der Waals surface area contributed by atoms with Crippen LogP contribution in [0.4, 0.5) is 0 Å². The SMILES string of the molecule is COC(=O)[C@@H](Br)CCCc1ccc(OC)cc1. The van der Waals surface area contributed by atoms with Crippen molar-refractivity contribution in [2.75, 3.05) is 14.2 Å². The smallest absolute Gasteiger partial charge is 0.319 e. The molecule has 4 heteroatoms. The second kappa shape index (κ2) is 7.33. The highest BCUT2D eigenvalue weighted by Crippen LogP contribution is 2.16. The number of carbonyl (C=O) groups excluding carboxylic acids is 1. The molecule has 1 rings (SSSR count). The normalized spacial score (nSPS) is 11.9. The molecule has 0 aliphatic carbocycles. The first-order valence-corrected chi connectivity index (χ1v) is 6.43. The lowest BCUT2D eigenvalue weighted by atomic mass is 10.1. The topological polar surface area (TPSA) is 35.5 Å². The summed E-state index contributed by atoms with van der Waals surface area (Å²) in [6.07, 6.45) is 2.67. The average Bonchev–Trinajstić information content (AvgIpc) is 2.38. The number of halogens is 1. The van der Waals surface area contributed by atoms with Crippen LogP contribution in [0.15, 0.2) is 24.3 Å². The number of hydrogen-bond donors (Lipinski definition) is 0. The molecule has 0 saturated heterocycles. The molecule has 0 fully saturated rings. The van der Waals surface area contributed by atoms with Crippen LogP contribution in [0.25, 0.3) is 0 Å². The summed E-state index contributed by atoms with van der Waals surface area (Å²) in [5, 5.41) is 0. The zero-order valence-electron chi connectivity index (χ0n) is 10.1. The van der Waals surface area contributed by atoms with Crippen LogP contribution in [0.2, 0.25) is 0 Å². The maximum absolute atomic E-state index is 11.2. The molecule has 0 aliphatic rings. The van der Waals surface area contributed by atoms with E-state index in [4.69, 9.17) is 4.74 Å². The van der Waals surface area contributed by atoms with E-state index in [1.165, 1.54) is 12.7 Å². The minimum absolute atomic E-state index is 0.203. The highest BCUT2D eigenvalue weighted by molar-refractivity contribution is 9.10. The molecule has 0 aliphatic heterocycles. The summed E-state index contributed by atoms with van der Waals surface area (Å²) < 4.78 is 9.73. The Kier molecular flexibility index (Phi) is 6.05. The molecule has 0 N–H and O–H groups in total. The van der Waals surface area contributed by atoms with Gasteiger partial charge >= 0.3 is 5.97 Å². The summed E-state index contributed by atoms with van der Waals surface area (Å²) in [6, 6.07) is 7.98. The van der Waals surface area contributed by atoms with Gasteiger partial charge in [-0.3, -0.25) is 4.79 Å². The van der Waals surface area contributed by atoms with Gasteiger partial charge in [-0.05, 0) is 37.0 Å². The van der Waals surface area contributed by atoms with Gasteiger partial charge in [0, 0.05) is 0 Å². The highest BCUT2D eigenvalue weighted by Gasteiger charge is 2.14. The molecule has 0 heterocycles. The van der Waals surface area contributed by atoms with Crippen molar-refractivity contribution in [3.8, 4) is 5.75 Å². The molecule has 0 unspecified atom stereocenters. The molecule has 0 spiro atoms. The van der Waals surface area contributed by atoms with Crippen LogP contribution in [0.3, 0.4) is 0 Å². The van der Waals surface area contributed by atoms with Gasteiger partial charge in [0.2, 0.25) is 0 Å². The Morgan fingerprint density at radius 2 is 1.94 bits per heavy atom. The first-order chi connectivity index (χ1) is 8.17. The number of esters is 1. The third kappa shape index (κ3) is 4.77. The monoisotopic (exact) mass is 300 g/mol. The predicted octanol–water partition coefficient (Wildman–Crippen LogP) is 2.95. The van der Waals surface area contributed by atoms with Crippen LogP contribution in [0.5, 0.6) is 5.75 Å². The van der Waals surface area contributed by atoms with Crippen molar-refractivity contribution >= 4 is 21.9 Å². The molecule has 17 heavy (non-hydrogen) atoms. The Balaban J connectivity index is 2.33. The van der Waals surface area contributed by atoms with E-state index in [9.17, 15) is 4.79 Å². The molecule has 1 atom stereocenters. The Bertz CT molecular complexity index is 348. The summed E-state index contributed by atoms with van der Waals surface area (Å²) in [5.41, 5.74) is 1.25. The van der Waals surface area contributed by atoms with Gasteiger partial charge in [0.25, 0.3) is 0 Å². The number of ether oxygens (including phenoxy) is 2. The molecular formula is C13H17BrO3. The zero-order valence-corrected chi connectivity index (χ0v) is 11.7. The molecule has 1 aromatic rings. The Morgan fingerprint density at radius 1 is 1.29 bits per heavy atom. The molecule has 3 nitrogen and oxygen atoms in total. The van der Waals surface area contributed by atoms with E-state index in [-0.39, 0.29) is 10.8 Å². The summed E-state index contributed by atoms with van der Waals surface area (Å²) >= 11 is 3.31. The van der Waals surface area contributed by atoms with Crippen molar-refractivity contribution in [3.63, 3.8) is 0 Å². The van der Waals surface area contributed by atoms with E-state index in [2.05, 4.69) is 20.7 Å². The van der Waals surface area contributed by atoms with Crippen molar-refractivity contribution in [2.24, 2.45) is 0 Å². The van der Waals surface area contributed by atoms with Gasteiger partial charge in [-0.15, -0.1) is 0 Å².